The molecule has 0 aliphatic carbocycles. The highest BCUT2D eigenvalue weighted by molar-refractivity contribution is 5.22. The highest BCUT2D eigenvalue weighted by Gasteiger charge is 2.02. The van der Waals surface area contributed by atoms with Gasteiger partial charge in [0.1, 0.15) is 5.75 Å². The van der Waals surface area contributed by atoms with Gasteiger partial charge < -0.3 is 9.84 Å². The van der Waals surface area contributed by atoms with Crippen molar-refractivity contribution in [3.63, 3.8) is 0 Å². The zero-order valence-corrected chi connectivity index (χ0v) is 9.44. The number of nitrogens with zero attached hydrogens (tertiary/aromatic N) is 1. The molecule has 1 N–H and O–H groups in total. The van der Waals surface area contributed by atoms with E-state index in [1.165, 1.54) is 12.8 Å². The Labute approximate surface area is 91.1 Å². The normalized spacial score (nSPS) is 12.5. The molecular weight excluding hydrogens is 190 g/mol. The van der Waals surface area contributed by atoms with E-state index >= 15 is 0 Å². The maximum atomic E-state index is 8.91. The number of aliphatic hydroxyl groups excluding tert-OH is 1. The molecule has 84 valence electrons. The Kier molecular flexibility index (Phi) is 5.12. The van der Waals surface area contributed by atoms with Gasteiger partial charge in [-0.25, -0.2) is 0 Å². The smallest absolute Gasteiger partial charge is 0.122 e. The van der Waals surface area contributed by atoms with Crippen LogP contribution in [0.5, 0.6) is 5.75 Å². The second-order valence-electron chi connectivity index (χ2n) is 3.85. The third-order valence-corrected chi connectivity index (χ3v) is 2.27. The molecule has 1 atom stereocenters. The van der Waals surface area contributed by atoms with Gasteiger partial charge in [-0.05, 0) is 18.4 Å². The molecule has 1 heterocycles. The van der Waals surface area contributed by atoms with Crippen molar-refractivity contribution in [1.82, 2.24) is 4.98 Å². The van der Waals surface area contributed by atoms with Gasteiger partial charge >= 0.3 is 0 Å². The lowest BCUT2D eigenvalue weighted by Crippen LogP contribution is -2.08. The molecule has 0 radical (unpaired) electrons. The summed E-state index contributed by atoms with van der Waals surface area (Å²) in [5.41, 5.74) is 0.649. The molecule has 0 aliphatic heterocycles. The summed E-state index contributed by atoms with van der Waals surface area (Å²) in [5.74, 6) is 1.36. The largest absolute Gasteiger partial charge is 0.493 e. The maximum absolute atomic E-state index is 8.91. The van der Waals surface area contributed by atoms with Crippen LogP contribution in [0.15, 0.2) is 18.3 Å². The van der Waals surface area contributed by atoms with Gasteiger partial charge in [-0.3, -0.25) is 4.98 Å². The molecule has 1 rings (SSSR count). The monoisotopic (exact) mass is 209 g/mol. The first-order valence-corrected chi connectivity index (χ1v) is 5.44. The Morgan fingerprint density at radius 3 is 3.00 bits per heavy atom. The van der Waals surface area contributed by atoms with Crippen LogP contribution in [0.25, 0.3) is 0 Å². The predicted molar refractivity (Wildman–Crippen MR) is 59.7 cm³/mol. The van der Waals surface area contributed by atoms with Crippen LogP contribution in [-0.4, -0.2) is 16.7 Å². The molecule has 3 nitrogen and oxygen atoms in total. The molecule has 0 fully saturated rings. The van der Waals surface area contributed by atoms with Gasteiger partial charge in [-0.1, -0.05) is 20.3 Å². The molecule has 0 aromatic carbocycles. The van der Waals surface area contributed by atoms with Crippen molar-refractivity contribution in [2.75, 3.05) is 6.61 Å². The molecule has 0 aliphatic rings. The second-order valence-corrected chi connectivity index (χ2v) is 3.85. The van der Waals surface area contributed by atoms with Crippen LogP contribution in [0, 0.1) is 5.92 Å². The van der Waals surface area contributed by atoms with Crippen LogP contribution in [0.2, 0.25) is 0 Å². The summed E-state index contributed by atoms with van der Waals surface area (Å²) in [5, 5.41) is 8.91. The summed E-state index contributed by atoms with van der Waals surface area (Å²) < 4.78 is 5.61. The van der Waals surface area contributed by atoms with E-state index in [1.54, 1.807) is 12.3 Å². The Morgan fingerprint density at radius 1 is 1.53 bits per heavy atom. The van der Waals surface area contributed by atoms with E-state index in [1.807, 2.05) is 6.07 Å². The van der Waals surface area contributed by atoms with E-state index in [-0.39, 0.29) is 6.61 Å². The van der Waals surface area contributed by atoms with Crippen LogP contribution in [-0.2, 0) is 6.61 Å². The first-order valence-electron chi connectivity index (χ1n) is 5.44. The van der Waals surface area contributed by atoms with E-state index in [9.17, 15) is 0 Å². The molecule has 1 aromatic rings. The molecule has 15 heavy (non-hydrogen) atoms. The molecule has 0 bridgehead atoms. The third kappa shape index (κ3) is 4.30. The number of aromatic nitrogens is 1. The van der Waals surface area contributed by atoms with Crippen LogP contribution < -0.4 is 4.74 Å². The lowest BCUT2D eigenvalue weighted by atomic mass is 10.1. The lowest BCUT2D eigenvalue weighted by Gasteiger charge is -2.12. The van der Waals surface area contributed by atoms with E-state index in [0.29, 0.717) is 11.6 Å². The van der Waals surface area contributed by atoms with Crippen molar-refractivity contribution in [2.24, 2.45) is 5.92 Å². The molecule has 0 spiro atoms. The number of rotatable bonds is 6. The average molecular weight is 209 g/mol. The number of ether oxygens (including phenoxy) is 1. The first kappa shape index (κ1) is 12.0. The van der Waals surface area contributed by atoms with Crippen LogP contribution in [0.1, 0.15) is 32.4 Å². The Balaban J connectivity index is 2.43. The molecular formula is C12H19NO2. The number of aliphatic hydroxyl groups is 1. The summed E-state index contributed by atoms with van der Waals surface area (Å²) in [6.45, 7) is 5.04. The van der Waals surface area contributed by atoms with Gasteiger partial charge in [0.15, 0.2) is 0 Å². The summed E-state index contributed by atoms with van der Waals surface area (Å²) in [4.78, 5) is 3.99. The van der Waals surface area contributed by atoms with Crippen LogP contribution in [0.4, 0.5) is 0 Å². The zero-order chi connectivity index (χ0) is 11.1. The van der Waals surface area contributed by atoms with E-state index in [2.05, 4.69) is 18.8 Å². The quantitative estimate of drug-likeness (QED) is 0.782. The highest BCUT2D eigenvalue weighted by Crippen LogP contribution is 2.13. The SMILES string of the molecule is CCCC(C)COc1ccnc(CO)c1. The Bertz CT molecular complexity index is 289. The van der Waals surface area contributed by atoms with Crippen LogP contribution >= 0.6 is 0 Å². The molecule has 3 heteroatoms. The average Bonchev–Trinajstić information content (AvgIpc) is 2.27. The topological polar surface area (TPSA) is 42.4 Å². The fourth-order valence-electron chi connectivity index (χ4n) is 1.45. The number of hydrogen-bond acceptors (Lipinski definition) is 3. The minimum atomic E-state index is -0.0400. The van der Waals surface area contributed by atoms with Crippen molar-refractivity contribution in [1.29, 1.82) is 0 Å². The number of hydrogen-bond donors (Lipinski definition) is 1. The van der Waals surface area contributed by atoms with Gasteiger partial charge in [-0.2, -0.15) is 0 Å². The lowest BCUT2D eigenvalue weighted by molar-refractivity contribution is 0.248. The zero-order valence-electron chi connectivity index (χ0n) is 9.44. The molecule has 1 aromatic heterocycles. The second kappa shape index (κ2) is 6.40. The fourth-order valence-corrected chi connectivity index (χ4v) is 1.45. The Morgan fingerprint density at radius 2 is 2.33 bits per heavy atom. The van der Waals surface area contributed by atoms with Crippen molar-refractivity contribution in [3.05, 3.63) is 24.0 Å². The standard InChI is InChI=1S/C12H19NO2/c1-3-4-10(2)9-15-12-5-6-13-11(7-12)8-14/h5-7,10,14H,3-4,8-9H2,1-2H3. The molecule has 0 amide bonds. The fraction of sp³-hybridized carbons (Fsp3) is 0.583. The van der Waals surface area contributed by atoms with Gasteiger partial charge in [0.05, 0.1) is 18.9 Å². The molecule has 0 saturated carbocycles. The maximum Gasteiger partial charge on any atom is 0.122 e. The van der Waals surface area contributed by atoms with E-state index in [0.717, 1.165) is 12.4 Å². The van der Waals surface area contributed by atoms with Crippen molar-refractivity contribution >= 4 is 0 Å². The summed E-state index contributed by atoms with van der Waals surface area (Å²) in [6.07, 6.45) is 4.02. The van der Waals surface area contributed by atoms with E-state index < -0.39 is 0 Å². The Hall–Kier alpha value is -1.09. The molecule has 1 unspecified atom stereocenters. The predicted octanol–water partition coefficient (Wildman–Crippen LogP) is 2.39. The highest BCUT2D eigenvalue weighted by atomic mass is 16.5. The van der Waals surface area contributed by atoms with Gasteiger partial charge in [0.25, 0.3) is 0 Å². The van der Waals surface area contributed by atoms with Gasteiger partial charge in [-0.15, -0.1) is 0 Å². The van der Waals surface area contributed by atoms with Crippen molar-refractivity contribution < 1.29 is 9.84 Å². The third-order valence-electron chi connectivity index (χ3n) is 2.27. The first-order chi connectivity index (χ1) is 7.26. The number of pyridine rings is 1. The van der Waals surface area contributed by atoms with Crippen LogP contribution in [0.3, 0.4) is 0 Å². The van der Waals surface area contributed by atoms with Gasteiger partial charge in [0, 0.05) is 12.3 Å². The van der Waals surface area contributed by atoms with Gasteiger partial charge in [0.2, 0.25) is 0 Å². The van der Waals surface area contributed by atoms with E-state index in [4.69, 9.17) is 9.84 Å². The van der Waals surface area contributed by atoms with Crippen molar-refractivity contribution in [2.45, 2.75) is 33.3 Å². The minimum Gasteiger partial charge on any atom is -0.493 e. The summed E-state index contributed by atoms with van der Waals surface area (Å²) in [7, 11) is 0. The molecule has 0 saturated heterocycles. The minimum absolute atomic E-state index is 0.0400. The summed E-state index contributed by atoms with van der Waals surface area (Å²) in [6, 6.07) is 3.59. The van der Waals surface area contributed by atoms with Crippen molar-refractivity contribution in [3.8, 4) is 5.75 Å². The summed E-state index contributed by atoms with van der Waals surface area (Å²) >= 11 is 0.